The number of aryl methyl sites for hydroxylation is 1. The van der Waals surface area contributed by atoms with E-state index >= 15 is 0 Å². The molecule has 0 bridgehead atoms. The molecule has 0 saturated carbocycles. The quantitative estimate of drug-likeness (QED) is 0.350. The average molecular weight is 453 g/mol. The first kappa shape index (κ1) is 21.8. The number of aromatic amines is 1. The lowest BCUT2D eigenvalue weighted by molar-refractivity contribution is -0.384. The molecule has 0 aliphatic carbocycles. The van der Waals surface area contributed by atoms with Crippen LogP contribution in [0.3, 0.4) is 0 Å². The number of nitrogens with one attached hydrogen (secondary N) is 1. The molecule has 3 aromatic rings. The van der Waals surface area contributed by atoms with Crippen molar-refractivity contribution in [2.45, 2.75) is 20.0 Å². The molecule has 0 radical (unpaired) electrons. The second-order valence-corrected chi connectivity index (χ2v) is 8.28. The van der Waals surface area contributed by atoms with Crippen molar-refractivity contribution >= 4 is 23.8 Å². The topological polar surface area (TPSA) is 100 Å². The number of piperazine rings is 1. The van der Waals surface area contributed by atoms with Crippen LogP contribution in [0.1, 0.15) is 11.1 Å². The van der Waals surface area contributed by atoms with Crippen LogP contribution in [-0.4, -0.2) is 61.6 Å². The van der Waals surface area contributed by atoms with E-state index in [9.17, 15) is 14.9 Å². The molecule has 166 valence electrons. The number of benzene rings is 2. The van der Waals surface area contributed by atoms with E-state index in [0.29, 0.717) is 43.3 Å². The van der Waals surface area contributed by atoms with E-state index in [0.717, 1.165) is 16.7 Å². The fraction of sp³-hybridized carbons (Fsp3) is 0.318. The first-order valence-corrected chi connectivity index (χ1v) is 10.8. The molecule has 10 heteroatoms. The second-order valence-electron chi connectivity index (χ2n) is 7.89. The van der Waals surface area contributed by atoms with Crippen LogP contribution in [0.4, 0.5) is 5.69 Å². The number of H-pyrrole nitrogens is 1. The molecule has 1 aliphatic heterocycles. The number of hydrogen-bond acceptors (Lipinski definition) is 6. The SMILES string of the molecule is Cc1ccc(-c2n[nH]c(=S)n2CC(=O)N2CCN(Cc3cccc([N+](=O)[O-])c3)CC2)cc1. The lowest BCUT2D eigenvalue weighted by Crippen LogP contribution is -2.49. The van der Waals surface area contributed by atoms with Gasteiger partial charge in [0.2, 0.25) is 5.91 Å². The molecule has 32 heavy (non-hydrogen) atoms. The minimum atomic E-state index is -0.383. The molecule has 1 aromatic heterocycles. The van der Waals surface area contributed by atoms with Crippen molar-refractivity contribution in [1.29, 1.82) is 0 Å². The summed E-state index contributed by atoms with van der Waals surface area (Å²) in [6.07, 6.45) is 0. The standard InChI is InChI=1S/C22H24N6O3S/c1-16-5-7-18(8-6-16)21-23-24-22(32)27(21)15-20(29)26-11-9-25(10-12-26)14-17-3-2-4-19(13-17)28(30)31/h2-8,13H,9-12,14-15H2,1H3,(H,24,32). The van der Waals surface area contributed by atoms with Gasteiger partial charge in [-0.05, 0) is 24.7 Å². The van der Waals surface area contributed by atoms with Crippen molar-refractivity contribution in [2.75, 3.05) is 26.2 Å². The summed E-state index contributed by atoms with van der Waals surface area (Å²) in [7, 11) is 0. The van der Waals surface area contributed by atoms with E-state index in [1.807, 2.05) is 42.2 Å². The van der Waals surface area contributed by atoms with Crippen LogP contribution in [0.25, 0.3) is 11.4 Å². The monoisotopic (exact) mass is 452 g/mol. The van der Waals surface area contributed by atoms with Gasteiger partial charge >= 0.3 is 0 Å². The van der Waals surface area contributed by atoms with Crippen molar-refractivity contribution in [2.24, 2.45) is 0 Å². The van der Waals surface area contributed by atoms with Gasteiger partial charge in [-0.1, -0.05) is 42.0 Å². The zero-order valence-electron chi connectivity index (χ0n) is 17.7. The van der Waals surface area contributed by atoms with E-state index < -0.39 is 0 Å². The van der Waals surface area contributed by atoms with Gasteiger partial charge in [-0.15, -0.1) is 0 Å². The number of carbonyl (C=O) groups is 1. The lowest BCUT2D eigenvalue weighted by Gasteiger charge is -2.34. The maximum absolute atomic E-state index is 13.0. The van der Waals surface area contributed by atoms with Crippen molar-refractivity contribution in [3.05, 3.63) is 74.5 Å². The first-order valence-electron chi connectivity index (χ1n) is 10.4. The van der Waals surface area contributed by atoms with Crippen molar-refractivity contribution in [3.63, 3.8) is 0 Å². The molecule has 4 rings (SSSR count). The highest BCUT2D eigenvalue weighted by molar-refractivity contribution is 7.71. The van der Waals surface area contributed by atoms with E-state index in [-0.39, 0.29) is 23.1 Å². The van der Waals surface area contributed by atoms with Crippen LogP contribution in [-0.2, 0) is 17.9 Å². The van der Waals surface area contributed by atoms with Gasteiger partial charge in [0.25, 0.3) is 5.69 Å². The number of carbonyl (C=O) groups excluding carboxylic acids is 1. The van der Waals surface area contributed by atoms with Gasteiger partial charge < -0.3 is 4.90 Å². The summed E-state index contributed by atoms with van der Waals surface area (Å²) < 4.78 is 2.15. The van der Waals surface area contributed by atoms with Gasteiger partial charge in [0, 0.05) is 50.4 Å². The van der Waals surface area contributed by atoms with Crippen molar-refractivity contribution in [1.82, 2.24) is 24.6 Å². The fourth-order valence-electron chi connectivity index (χ4n) is 3.80. The van der Waals surface area contributed by atoms with E-state index in [2.05, 4.69) is 15.1 Å². The smallest absolute Gasteiger partial charge is 0.269 e. The molecule has 1 saturated heterocycles. The van der Waals surface area contributed by atoms with Crippen LogP contribution in [0.5, 0.6) is 0 Å². The normalized spacial score (nSPS) is 14.5. The Morgan fingerprint density at radius 3 is 2.56 bits per heavy atom. The number of aromatic nitrogens is 3. The number of amides is 1. The predicted molar refractivity (Wildman–Crippen MR) is 123 cm³/mol. The maximum atomic E-state index is 13.0. The van der Waals surface area contributed by atoms with E-state index in [4.69, 9.17) is 12.2 Å². The Morgan fingerprint density at radius 1 is 1.16 bits per heavy atom. The number of non-ortho nitro benzene ring substituents is 1. The summed E-state index contributed by atoms with van der Waals surface area (Å²) in [5.41, 5.74) is 3.04. The number of nitro benzene ring substituents is 1. The largest absolute Gasteiger partial charge is 0.339 e. The summed E-state index contributed by atoms with van der Waals surface area (Å²) >= 11 is 5.36. The van der Waals surface area contributed by atoms with Crippen molar-refractivity contribution < 1.29 is 9.72 Å². The lowest BCUT2D eigenvalue weighted by atomic mass is 10.1. The number of hydrogen-bond donors (Lipinski definition) is 1. The number of nitro groups is 1. The molecular weight excluding hydrogens is 428 g/mol. The van der Waals surface area contributed by atoms with E-state index in [1.165, 1.54) is 6.07 Å². The fourth-order valence-corrected chi connectivity index (χ4v) is 4.00. The average Bonchev–Trinajstić information content (AvgIpc) is 3.15. The Bertz CT molecular complexity index is 1180. The Kier molecular flexibility index (Phi) is 6.42. The summed E-state index contributed by atoms with van der Waals surface area (Å²) in [4.78, 5) is 27.6. The second kappa shape index (κ2) is 9.41. The molecule has 0 unspecified atom stereocenters. The molecule has 0 spiro atoms. The summed E-state index contributed by atoms with van der Waals surface area (Å²) in [6.45, 7) is 5.37. The van der Waals surface area contributed by atoms with Crippen LogP contribution >= 0.6 is 12.2 Å². The molecule has 9 nitrogen and oxygen atoms in total. The van der Waals surface area contributed by atoms with Crippen LogP contribution in [0.15, 0.2) is 48.5 Å². The number of nitrogens with zero attached hydrogens (tertiary/aromatic N) is 5. The summed E-state index contributed by atoms with van der Waals surface area (Å²) in [5.74, 6) is 0.638. The van der Waals surface area contributed by atoms with Gasteiger partial charge in [0.05, 0.1) is 4.92 Å². The Labute approximate surface area is 190 Å². The molecule has 1 aliphatic rings. The Balaban J connectivity index is 1.37. The molecule has 0 atom stereocenters. The number of rotatable bonds is 6. The predicted octanol–water partition coefficient (Wildman–Crippen LogP) is 3.17. The van der Waals surface area contributed by atoms with E-state index in [1.54, 1.807) is 16.7 Å². The Hall–Kier alpha value is -3.37. The Morgan fingerprint density at radius 2 is 1.88 bits per heavy atom. The molecule has 1 fully saturated rings. The third-order valence-electron chi connectivity index (χ3n) is 5.61. The maximum Gasteiger partial charge on any atom is 0.269 e. The highest BCUT2D eigenvalue weighted by Gasteiger charge is 2.23. The third kappa shape index (κ3) is 4.92. The minimum absolute atomic E-state index is 0.00846. The summed E-state index contributed by atoms with van der Waals surface area (Å²) in [6, 6.07) is 14.6. The molecule has 1 N–H and O–H groups in total. The van der Waals surface area contributed by atoms with Gasteiger partial charge in [-0.3, -0.25) is 29.5 Å². The zero-order chi connectivity index (χ0) is 22.7. The van der Waals surface area contributed by atoms with Crippen LogP contribution in [0.2, 0.25) is 0 Å². The zero-order valence-corrected chi connectivity index (χ0v) is 18.5. The highest BCUT2D eigenvalue weighted by atomic mass is 32.1. The molecular formula is C22H24N6O3S. The first-order chi connectivity index (χ1) is 15.4. The van der Waals surface area contributed by atoms with Gasteiger partial charge in [0.1, 0.15) is 6.54 Å². The van der Waals surface area contributed by atoms with Crippen LogP contribution < -0.4 is 0 Å². The molecule has 1 amide bonds. The van der Waals surface area contributed by atoms with Crippen molar-refractivity contribution in [3.8, 4) is 11.4 Å². The minimum Gasteiger partial charge on any atom is -0.339 e. The highest BCUT2D eigenvalue weighted by Crippen LogP contribution is 2.19. The molecule has 2 heterocycles. The molecule has 2 aromatic carbocycles. The van der Waals surface area contributed by atoms with Gasteiger partial charge in [0.15, 0.2) is 10.6 Å². The summed E-state index contributed by atoms with van der Waals surface area (Å²) in [5, 5.41) is 18.1. The van der Waals surface area contributed by atoms with Crippen LogP contribution in [0, 0.1) is 21.8 Å². The van der Waals surface area contributed by atoms with Gasteiger partial charge in [-0.25, -0.2) is 0 Å². The third-order valence-corrected chi connectivity index (χ3v) is 5.93. The van der Waals surface area contributed by atoms with Gasteiger partial charge in [-0.2, -0.15) is 5.10 Å².